The number of ketones is 1. The highest BCUT2D eigenvalue weighted by Gasteiger charge is 2.41. The Kier molecular flexibility index (Phi) is 4.22. The molecule has 0 bridgehead atoms. The lowest BCUT2D eigenvalue weighted by Gasteiger charge is -2.37. The molecule has 0 saturated carbocycles. The highest BCUT2D eigenvalue weighted by atomic mass is 32.2. The first-order valence-electron chi connectivity index (χ1n) is 5.74. The quantitative estimate of drug-likeness (QED) is 0.783. The van der Waals surface area contributed by atoms with E-state index in [1.807, 2.05) is 30.3 Å². The van der Waals surface area contributed by atoms with Crippen LogP contribution < -0.4 is 0 Å². The van der Waals surface area contributed by atoms with E-state index < -0.39 is 5.79 Å². The number of thioether (sulfide) groups is 1. The summed E-state index contributed by atoms with van der Waals surface area (Å²) >= 11 is 1.60. The van der Waals surface area contributed by atoms with Crippen molar-refractivity contribution < 1.29 is 14.3 Å². The molecule has 0 aliphatic heterocycles. The van der Waals surface area contributed by atoms with Gasteiger partial charge in [0.1, 0.15) is 0 Å². The minimum atomic E-state index is -0.825. The lowest BCUT2D eigenvalue weighted by atomic mass is 10.00. The van der Waals surface area contributed by atoms with Gasteiger partial charge < -0.3 is 9.47 Å². The summed E-state index contributed by atoms with van der Waals surface area (Å²) in [6, 6.07) is 9.96. The second kappa shape index (κ2) is 5.69. The van der Waals surface area contributed by atoms with Crippen molar-refractivity contribution >= 4 is 17.5 Å². The van der Waals surface area contributed by atoms with Crippen LogP contribution in [0.25, 0.3) is 0 Å². The third-order valence-corrected chi connectivity index (χ3v) is 4.32. The molecule has 0 amide bonds. The van der Waals surface area contributed by atoms with Crippen molar-refractivity contribution in [3.63, 3.8) is 0 Å². The first-order chi connectivity index (χ1) is 8.70. The molecule has 0 aromatic heterocycles. The van der Waals surface area contributed by atoms with Gasteiger partial charge in [-0.3, -0.25) is 4.79 Å². The summed E-state index contributed by atoms with van der Waals surface area (Å²) in [7, 11) is 3.20. The first-order valence-corrected chi connectivity index (χ1v) is 6.62. The third-order valence-electron chi connectivity index (χ3n) is 3.00. The summed E-state index contributed by atoms with van der Waals surface area (Å²) in [5.74, 6) is -0.720. The number of allylic oxidation sites excluding steroid dienone is 1. The Bertz CT molecular complexity index is 438. The summed E-state index contributed by atoms with van der Waals surface area (Å²) in [4.78, 5) is 12.7. The zero-order valence-electron chi connectivity index (χ0n) is 10.5. The monoisotopic (exact) mass is 264 g/mol. The van der Waals surface area contributed by atoms with Crippen molar-refractivity contribution in [1.82, 2.24) is 0 Å². The van der Waals surface area contributed by atoms with E-state index >= 15 is 0 Å². The molecule has 0 fully saturated rings. The molecule has 0 N–H and O–H groups in total. The van der Waals surface area contributed by atoms with Crippen molar-refractivity contribution in [2.24, 2.45) is 0 Å². The molecule has 1 aromatic carbocycles. The largest absolute Gasteiger partial charge is 0.349 e. The second-order valence-electron chi connectivity index (χ2n) is 4.05. The topological polar surface area (TPSA) is 35.5 Å². The highest BCUT2D eigenvalue weighted by molar-refractivity contribution is 8.00. The average Bonchev–Trinajstić information content (AvgIpc) is 2.41. The number of carbonyl (C=O) groups excluding carboxylic acids is 1. The first kappa shape index (κ1) is 13.3. The molecule has 3 nitrogen and oxygen atoms in total. The van der Waals surface area contributed by atoms with Crippen molar-refractivity contribution in [2.45, 2.75) is 22.4 Å². The Morgan fingerprint density at radius 3 is 2.50 bits per heavy atom. The maximum absolute atomic E-state index is 11.6. The maximum Gasteiger partial charge on any atom is 0.200 e. The molecule has 18 heavy (non-hydrogen) atoms. The normalized spacial score (nSPS) is 22.1. The number of hydrogen-bond donors (Lipinski definition) is 0. The summed E-state index contributed by atoms with van der Waals surface area (Å²) in [5.41, 5.74) is 0. The van der Waals surface area contributed by atoms with E-state index in [-0.39, 0.29) is 11.0 Å². The van der Waals surface area contributed by atoms with Gasteiger partial charge in [0.25, 0.3) is 0 Å². The third kappa shape index (κ3) is 2.66. The van der Waals surface area contributed by atoms with E-state index in [0.717, 1.165) is 4.90 Å². The molecule has 1 aliphatic rings. The van der Waals surface area contributed by atoms with E-state index in [2.05, 4.69) is 0 Å². The van der Waals surface area contributed by atoms with Gasteiger partial charge >= 0.3 is 0 Å². The fraction of sp³-hybridized carbons (Fsp3) is 0.357. The molecule has 0 saturated heterocycles. The molecular weight excluding hydrogens is 248 g/mol. The van der Waals surface area contributed by atoms with Crippen LogP contribution in [0.2, 0.25) is 0 Å². The Balaban J connectivity index is 2.23. The van der Waals surface area contributed by atoms with Gasteiger partial charge in [-0.05, 0) is 24.3 Å². The zero-order chi connectivity index (χ0) is 13.0. The van der Waals surface area contributed by atoms with Gasteiger partial charge in [0.15, 0.2) is 5.78 Å². The fourth-order valence-electron chi connectivity index (χ4n) is 1.98. The van der Waals surface area contributed by atoms with Gasteiger partial charge in [-0.25, -0.2) is 0 Å². The van der Waals surface area contributed by atoms with Crippen LogP contribution in [0.4, 0.5) is 0 Å². The fourth-order valence-corrected chi connectivity index (χ4v) is 3.30. The highest BCUT2D eigenvalue weighted by Crippen LogP contribution is 2.38. The molecule has 0 heterocycles. The molecule has 4 heteroatoms. The number of carbonyl (C=O) groups is 1. The van der Waals surface area contributed by atoms with Crippen molar-refractivity contribution in [1.29, 1.82) is 0 Å². The van der Waals surface area contributed by atoms with Gasteiger partial charge in [0, 0.05) is 25.5 Å². The van der Waals surface area contributed by atoms with Crippen LogP contribution in [0.15, 0.2) is 47.4 Å². The SMILES string of the molecule is COC1(OC)C=CC(=O)CC1Sc1ccccc1. The van der Waals surface area contributed by atoms with Crippen molar-refractivity contribution in [3.8, 4) is 0 Å². The van der Waals surface area contributed by atoms with E-state index in [0.29, 0.717) is 6.42 Å². The zero-order valence-corrected chi connectivity index (χ0v) is 11.3. The average molecular weight is 264 g/mol. The summed E-state index contributed by atoms with van der Waals surface area (Å²) in [6.07, 6.45) is 3.66. The number of methoxy groups -OCH3 is 2. The molecule has 1 unspecified atom stereocenters. The molecule has 1 atom stereocenters. The van der Waals surface area contributed by atoms with Crippen molar-refractivity contribution in [3.05, 3.63) is 42.5 Å². The summed E-state index contributed by atoms with van der Waals surface area (Å²) in [6.45, 7) is 0. The van der Waals surface area contributed by atoms with Gasteiger partial charge in [0.05, 0.1) is 5.25 Å². The van der Waals surface area contributed by atoms with Crippen LogP contribution in [-0.4, -0.2) is 31.0 Å². The Hall–Kier alpha value is -1.10. The van der Waals surface area contributed by atoms with E-state index in [9.17, 15) is 4.79 Å². The predicted molar refractivity (Wildman–Crippen MR) is 71.6 cm³/mol. The smallest absolute Gasteiger partial charge is 0.200 e. The molecular formula is C14H16O3S. The standard InChI is InChI=1S/C14H16O3S/c1-16-14(17-2)9-8-11(15)10-13(14)18-12-6-4-3-5-7-12/h3-9,13H,10H2,1-2H3. The second-order valence-corrected chi connectivity index (χ2v) is 5.33. The number of ether oxygens (including phenoxy) is 2. The van der Waals surface area contributed by atoms with Gasteiger partial charge in [-0.15, -0.1) is 11.8 Å². The number of benzene rings is 1. The molecule has 96 valence electrons. The Labute approximate surface area is 111 Å². The van der Waals surface area contributed by atoms with E-state index in [1.54, 1.807) is 32.1 Å². The minimum absolute atomic E-state index is 0.0765. The summed E-state index contributed by atoms with van der Waals surface area (Å²) < 4.78 is 11.0. The molecule has 1 aliphatic carbocycles. The van der Waals surface area contributed by atoms with E-state index in [1.165, 1.54) is 6.08 Å². The molecule has 0 radical (unpaired) electrons. The number of rotatable bonds is 4. The predicted octanol–water partition coefficient (Wildman–Crippen LogP) is 2.67. The Morgan fingerprint density at radius 2 is 1.89 bits per heavy atom. The van der Waals surface area contributed by atoms with Crippen molar-refractivity contribution in [2.75, 3.05) is 14.2 Å². The lowest BCUT2D eigenvalue weighted by molar-refractivity contribution is -0.174. The van der Waals surface area contributed by atoms with Crippen LogP contribution in [0.1, 0.15) is 6.42 Å². The minimum Gasteiger partial charge on any atom is -0.349 e. The van der Waals surface area contributed by atoms with Crippen LogP contribution in [-0.2, 0) is 14.3 Å². The van der Waals surface area contributed by atoms with Crippen LogP contribution >= 0.6 is 11.8 Å². The molecule has 1 aromatic rings. The van der Waals surface area contributed by atoms with Crippen LogP contribution in [0, 0.1) is 0 Å². The molecule has 0 spiro atoms. The number of hydrogen-bond acceptors (Lipinski definition) is 4. The Morgan fingerprint density at radius 1 is 1.22 bits per heavy atom. The van der Waals surface area contributed by atoms with Gasteiger partial charge in [-0.1, -0.05) is 18.2 Å². The van der Waals surface area contributed by atoms with E-state index in [4.69, 9.17) is 9.47 Å². The lowest BCUT2D eigenvalue weighted by Crippen LogP contribution is -2.45. The molecule has 2 rings (SSSR count). The van der Waals surface area contributed by atoms with Gasteiger partial charge in [0.2, 0.25) is 5.79 Å². The van der Waals surface area contributed by atoms with Gasteiger partial charge in [-0.2, -0.15) is 0 Å². The van der Waals surface area contributed by atoms with Crippen LogP contribution in [0.3, 0.4) is 0 Å². The maximum atomic E-state index is 11.6. The van der Waals surface area contributed by atoms with Crippen LogP contribution in [0.5, 0.6) is 0 Å². The summed E-state index contributed by atoms with van der Waals surface area (Å²) in [5, 5.41) is -0.0765.